The third kappa shape index (κ3) is 5.44. The Morgan fingerprint density at radius 3 is 2.62 bits per heavy atom. The summed E-state index contributed by atoms with van der Waals surface area (Å²) in [5, 5.41) is 15.6. The molecule has 2 N–H and O–H groups in total. The second kappa shape index (κ2) is 8.97. The molecular weight excluding hydrogens is 346 g/mol. The number of anilines is 1. The van der Waals surface area contributed by atoms with E-state index >= 15 is 0 Å². The molecule has 0 aliphatic heterocycles. The number of carbonyl (C=O) groups is 3. The van der Waals surface area contributed by atoms with Crippen LogP contribution in [-0.2, 0) is 14.3 Å². The van der Waals surface area contributed by atoms with E-state index in [2.05, 4.69) is 10.6 Å². The molecule has 10 heteroatoms. The molecular formula is C16H15N3O7. The summed E-state index contributed by atoms with van der Waals surface area (Å²) < 4.78 is 9.64. The molecule has 0 bridgehead atoms. The molecule has 0 aliphatic rings. The number of nitrogens with one attached hydrogen (secondary N) is 2. The van der Waals surface area contributed by atoms with Crippen LogP contribution in [0.15, 0.2) is 47.1 Å². The van der Waals surface area contributed by atoms with Crippen molar-refractivity contribution < 1.29 is 28.5 Å². The van der Waals surface area contributed by atoms with Gasteiger partial charge in [-0.2, -0.15) is 0 Å². The summed E-state index contributed by atoms with van der Waals surface area (Å²) >= 11 is 0. The fourth-order valence-corrected chi connectivity index (χ4v) is 1.92. The number of nitro groups is 1. The summed E-state index contributed by atoms with van der Waals surface area (Å²) in [7, 11) is 0. The van der Waals surface area contributed by atoms with E-state index in [1.165, 1.54) is 36.6 Å². The van der Waals surface area contributed by atoms with Gasteiger partial charge in [-0.1, -0.05) is 12.1 Å². The Morgan fingerprint density at radius 2 is 1.92 bits per heavy atom. The van der Waals surface area contributed by atoms with Gasteiger partial charge in [0.25, 0.3) is 17.5 Å². The monoisotopic (exact) mass is 361 g/mol. The quantitative estimate of drug-likeness (QED) is 0.412. The Hall–Kier alpha value is -3.69. The van der Waals surface area contributed by atoms with Gasteiger partial charge in [0, 0.05) is 12.6 Å². The number of hydrogen-bond acceptors (Lipinski definition) is 7. The molecule has 0 aliphatic carbocycles. The molecule has 0 unspecified atom stereocenters. The summed E-state index contributed by atoms with van der Waals surface area (Å²) in [5.74, 6) is -1.78. The largest absolute Gasteiger partial charge is 0.459 e. The van der Waals surface area contributed by atoms with E-state index in [-0.39, 0.29) is 30.1 Å². The highest BCUT2D eigenvalue weighted by Crippen LogP contribution is 2.22. The van der Waals surface area contributed by atoms with Gasteiger partial charge in [-0.3, -0.25) is 24.5 Å². The molecule has 2 rings (SSSR count). The topological polar surface area (TPSA) is 141 Å². The van der Waals surface area contributed by atoms with Gasteiger partial charge in [-0.25, -0.2) is 0 Å². The minimum absolute atomic E-state index is 0.00394. The van der Waals surface area contributed by atoms with E-state index in [4.69, 9.17) is 9.15 Å². The van der Waals surface area contributed by atoms with Gasteiger partial charge >= 0.3 is 5.97 Å². The van der Waals surface area contributed by atoms with Gasteiger partial charge in [0.05, 0.1) is 17.6 Å². The standard InChI is InChI=1S/C16H15N3O7/c20-14(18-11-4-1-2-5-12(11)19(23)24)10-26-15(21)7-8-17-16(22)13-6-3-9-25-13/h1-6,9H,7-8,10H2,(H,17,22)(H,18,20). The first-order chi connectivity index (χ1) is 12.5. The Bertz CT molecular complexity index is 802. The summed E-state index contributed by atoms with van der Waals surface area (Å²) in [6, 6.07) is 8.62. The Kier molecular flexibility index (Phi) is 6.43. The number of para-hydroxylation sites is 2. The maximum Gasteiger partial charge on any atom is 0.308 e. The van der Waals surface area contributed by atoms with Crippen LogP contribution in [0.1, 0.15) is 17.0 Å². The van der Waals surface area contributed by atoms with Gasteiger partial charge in [-0.05, 0) is 18.2 Å². The Balaban J connectivity index is 1.71. The molecule has 26 heavy (non-hydrogen) atoms. The average molecular weight is 361 g/mol. The van der Waals surface area contributed by atoms with Crippen molar-refractivity contribution in [1.82, 2.24) is 5.32 Å². The van der Waals surface area contributed by atoms with E-state index in [1.807, 2.05) is 0 Å². The van der Waals surface area contributed by atoms with Crippen LogP contribution < -0.4 is 10.6 Å². The minimum atomic E-state index is -0.715. The van der Waals surface area contributed by atoms with Crippen LogP contribution in [0.3, 0.4) is 0 Å². The normalized spacial score (nSPS) is 10.0. The van der Waals surface area contributed by atoms with Crippen molar-refractivity contribution >= 4 is 29.2 Å². The molecule has 0 radical (unpaired) electrons. The molecule has 0 fully saturated rings. The van der Waals surface area contributed by atoms with Crippen molar-refractivity contribution in [2.45, 2.75) is 6.42 Å². The fraction of sp³-hybridized carbons (Fsp3) is 0.188. The zero-order valence-electron chi connectivity index (χ0n) is 13.5. The number of rotatable bonds is 8. The number of ether oxygens (including phenoxy) is 1. The molecule has 2 aromatic rings. The van der Waals surface area contributed by atoms with E-state index in [9.17, 15) is 24.5 Å². The highest BCUT2D eigenvalue weighted by molar-refractivity contribution is 5.95. The van der Waals surface area contributed by atoms with Crippen LogP contribution in [0.25, 0.3) is 0 Å². The van der Waals surface area contributed by atoms with Crippen LogP contribution >= 0.6 is 0 Å². The first-order valence-corrected chi connectivity index (χ1v) is 7.48. The van der Waals surface area contributed by atoms with Crippen LogP contribution in [0.4, 0.5) is 11.4 Å². The van der Waals surface area contributed by atoms with Crippen LogP contribution in [0.5, 0.6) is 0 Å². The highest BCUT2D eigenvalue weighted by Gasteiger charge is 2.16. The SMILES string of the molecule is O=C(COC(=O)CCNC(=O)c1ccco1)Nc1ccccc1[N+](=O)[O-]. The lowest BCUT2D eigenvalue weighted by Crippen LogP contribution is -2.27. The van der Waals surface area contributed by atoms with E-state index in [0.717, 1.165) is 0 Å². The van der Waals surface area contributed by atoms with Gasteiger partial charge in [0.1, 0.15) is 5.69 Å². The van der Waals surface area contributed by atoms with Crippen molar-refractivity contribution in [1.29, 1.82) is 0 Å². The predicted molar refractivity (Wildman–Crippen MR) is 88.3 cm³/mol. The number of nitro benzene ring substituents is 1. The smallest absolute Gasteiger partial charge is 0.308 e. The molecule has 136 valence electrons. The number of hydrogen-bond donors (Lipinski definition) is 2. The molecule has 0 saturated heterocycles. The summed E-state index contributed by atoms with van der Waals surface area (Å²) in [6.07, 6.45) is 1.20. The molecule has 1 heterocycles. The minimum Gasteiger partial charge on any atom is -0.459 e. The lowest BCUT2D eigenvalue weighted by Gasteiger charge is -2.07. The highest BCUT2D eigenvalue weighted by atomic mass is 16.6. The summed E-state index contributed by atoms with van der Waals surface area (Å²) in [4.78, 5) is 45.1. The second-order valence-electron chi connectivity index (χ2n) is 4.97. The van der Waals surface area contributed by atoms with Crippen LogP contribution in [0.2, 0.25) is 0 Å². The summed E-state index contributed by atoms with van der Waals surface area (Å²) in [6.45, 7) is -0.596. The fourth-order valence-electron chi connectivity index (χ4n) is 1.92. The van der Waals surface area contributed by atoms with Crippen molar-refractivity contribution in [2.24, 2.45) is 0 Å². The second-order valence-corrected chi connectivity index (χ2v) is 4.97. The molecule has 0 saturated carbocycles. The average Bonchev–Trinajstić information content (AvgIpc) is 3.15. The first-order valence-electron chi connectivity index (χ1n) is 7.48. The van der Waals surface area contributed by atoms with Crippen molar-refractivity contribution in [3.05, 3.63) is 58.5 Å². The number of furan rings is 1. The van der Waals surface area contributed by atoms with Crippen molar-refractivity contribution in [3.63, 3.8) is 0 Å². The van der Waals surface area contributed by atoms with Crippen molar-refractivity contribution in [3.8, 4) is 0 Å². The van der Waals surface area contributed by atoms with Crippen molar-refractivity contribution in [2.75, 3.05) is 18.5 Å². The Morgan fingerprint density at radius 1 is 1.15 bits per heavy atom. The third-order valence-electron chi connectivity index (χ3n) is 3.10. The molecule has 1 aromatic heterocycles. The zero-order valence-corrected chi connectivity index (χ0v) is 13.5. The predicted octanol–water partition coefficient (Wildman–Crippen LogP) is 1.49. The number of nitrogens with zero attached hydrogens (tertiary/aromatic N) is 1. The molecule has 1 aromatic carbocycles. The summed E-state index contributed by atoms with van der Waals surface area (Å²) in [5.41, 5.74) is -0.267. The number of amides is 2. The van der Waals surface area contributed by atoms with E-state index in [1.54, 1.807) is 6.07 Å². The maximum absolute atomic E-state index is 11.7. The zero-order chi connectivity index (χ0) is 18.9. The van der Waals surface area contributed by atoms with Crippen LogP contribution in [-0.4, -0.2) is 35.9 Å². The van der Waals surface area contributed by atoms with Gasteiger partial charge in [-0.15, -0.1) is 0 Å². The van der Waals surface area contributed by atoms with Gasteiger partial charge in [0.15, 0.2) is 12.4 Å². The number of carbonyl (C=O) groups excluding carboxylic acids is 3. The van der Waals surface area contributed by atoms with E-state index in [0.29, 0.717) is 0 Å². The molecule has 10 nitrogen and oxygen atoms in total. The Labute approximate surface area is 147 Å². The third-order valence-corrected chi connectivity index (χ3v) is 3.10. The van der Waals surface area contributed by atoms with E-state index < -0.39 is 29.3 Å². The van der Waals surface area contributed by atoms with Crippen LogP contribution in [0, 0.1) is 10.1 Å². The van der Waals surface area contributed by atoms with Gasteiger partial charge in [0.2, 0.25) is 0 Å². The number of esters is 1. The lowest BCUT2D eigenvalue weighted by atomic mass is 10.2. The number of benzene rings is 1. The molecule has 0 spiro atoms. The molecule has 0 atom stereocenters. The maximum atomic E-state index is 11.7. The van der Waals surface area contributed by atoms with Gasteiger partial charge < -0.3 is 19.8 Å². The lowest BCUT2D eigenvalue weighted by molar-refractivity contribution is -0.383. The first kappa shape index (κ1) is 18.6. The molecule has 2 amide bonds.